The smallest absolute Gasteiger partial charge is 0.243 e. The molecule has 0 saturated carbocycles. The van der Waals surface area contributed by atoms with Crippen molar-refractivity contribution in [2.75, 3.05) is 19.4 Å². The molecule has 0 aliphatic heterocycles. The van der Waals surface area contributed by atoms with E-state index in [1.54, 1.807) is 7.11 Å². The average molecular weight is 248 g/mol. The number of carbonyl (C=O) groups is 2. The zero-order valence-corrected chi connectivity index (χ0v) is 11.1. The van der Waals surface area contributed by atoms with E-state index in [0.717, 1.165) is 0 Å². The fourth-order valence-electron chi connectivity index (χ4n) is 0.935. The van der Waals surface area contributed by atoms with Crippen molar-refractivity contribution >= 4 is 24.4 Å². The monoisotopic (exact) mass is 248 g/mol. The molecule has 2 amide bonds. The SMILES string of the molecule is COC(C)(C)CNC(=O)C(CS)NC(C)=O. The third kappa shape index (κ3) is 5.97. The van der Waals surface area contributed by atoms with Crippen molar-refractivity contribution in [1.29, 1.82) is 0 Å². The fraction of sp³-hybridized carbons (Fsp3) is 0.800. The van der Waals surface area contributed by atoms with Crippen LogP contribution in [0.2, 0.25) is 0 Å². The van der Waals surface area contributed by atoms with Crippen LogP contribution in [0, 0.1) is 0 Å². The van der Waals surface area contributed by atoms with Gasteiger partial charge in [-0.3, -0.25) is 9.59 Å². The molecule has 1 atom stereocenters. The molecule has 94 valence electrons. The molecule has 2 N–H and O–H groups in total. The van der Waals surface area contributed by atoms with Crippen molar-refractivity contribution in [2.24, 2.45) is 0 Å². The third-order valence-corrected chi connectivity index (χ3v) is 2.48. The first kappa shape index (κ1) is 15.2. The van der Waals surface area contributed by atoms with E-state index in [-0.39, 0.29) is 17.6 Å². The Balaban J connectivity index is 4.17. The van der Waals surface area contributed by atoms with Crippen LogP contribution in [0.15, 0.2) is 0 Å². The first-order chi connectivity index (χ1) is 7.32. The van der Waals surface area contributed by atoms with Crippen LogP contribution in [0.1, 0.15) is 20.8 Å². The van der Waals surface area contributed by atoms with E-state index in [1.165, 1.54) is 6.92 Å². The second-order valence-electron chi connectivity index (χ2n) is 4.12. The number of rotatable bonds is 6. The fourth-order valence-corrected chi connectivity index (χ4v) is 1.19. The van der Waals surface area contributed by atoms with Gasteiger partial charge in [0.05, 0.1) is 5.60 Å². The van der Waals surface area contributed by atoms with Gasteiger partial charge in [-0.15, -0.1) is 0 Å². The van der Waals surface area contributed by atoms with E-state index >= 15 is 0 Å². The lowest BCUT2D eigenvalue weighted by molar-refractivity contribution is -0.128. The molecule has 5 nitrogen and oxygen atoms in total. The quantitative estimate of drug-likeness (QED) is 0.578. The van der Waals surface area contributed by atoms with Gasteiger partial charge in [-0.2, -0.15) is 12.6 Å². The molecular weight excluding hydrogens is 228 g/mol. The summed E-state index contributed by atoms with van der Waals surface area (Å²) in [6.07, 6.45) is 0. The lowest BCUT2D eigenvalue weighted by atomic mass is 10.1. The Labute approximate surface area is 102 Å². The molecule has 0 bridgehead atoms. The van der Waals surface area contributed by atoms with Crippen LogP contribution < -0.4 is 10.6 Å². The summed E-state index contributed by atoms with van der Waals surface area (Å²) in [5.74, 6) is -0.241. The predicted octanol–water partition coefficient (Wildman–Crippen LogP) is -0.0379. The highest BCUT2D eigenvalue weighted by Gasteiger charge is 2.21. The number of hydrogen-bond acceptors (Lipinski definition) is 4. The number of hydrogen-bond donors (Lipinski definition) is 3. The Morgan fingerprint density at radius 1 is 1.44 bits per heavy atom. The third-order valence-electron chi connectivity index (χ3n) is 2.12. The van der Waals surface area contributed by atoms with Gasteiger partial charge >= 0.3 is 0 Å². The molecule has 0 spiro atoms. The van der Waals surface area contributed by atoms with Crippen molar-refractivity contribution < 1.29 is 14.3 Å². The van der Waals surface area contributed by atoms with Gasteiger partial charge in [0.1, 0.15) is 6.04 Å². The van der Waals surface area contributed by atoms with E-state index in [1.807, 2.05) is 13.8 Å². The lowest BCUT2D eigenvalue weighted by Gasteiger charge is -2.24. The van der Waals surface area contributed by atoms with Gasteiger partial charge < -0.3 is 15.4 Å². The first-order valence-corrected chi connectivity index (χ1v) is 5.66. The molecule has 0 radical (unpaired) electrons. The van der Waals surface area contributed by atoms with Crippen LogP contribution in [-0.4, -0.2) is 42.9 Å². The maximum Gasteiger partial charge on any atom is 0.243 e. The summed E-state index contributed by atoms with van der Waals surface area (Å²) in [5, 5.41) is 5.22. The van der Waals surface area contributed by atoms with Crippen molar-refractivity contribution in [1.82, 2.24) is 10.6 Å². The van der Waals surface area contributed by atoms with Crippen LogP contribution >= 0.6 is 12.6 Å². The Morgan fingerprint density at radius 2 is 2.00 bits per heavy atom. The molecule has 1 unspecified atom stereocenters. The Morgan fingerprint density at radius 3 is 2.38 bits per heavy atom. The number of amides is 2. The number of carbonyl (C=O) groups excluding carboxylic acids is 2. The predicted molar refractivity (Wildman–Crippen MR) is 65.6 cm³/mol. The highest BCUT2D eigenvalue weighted by molar-refractivity contribution is 7.80. The molecule has 16 heavy (non-hydrogen) atoms. The van der Waals surface area contributed by atoms with Crippen LogP contribution in [0.5, 0.6) is 0 Å². The van der Waals surface area contributed by atoms with Crippen LogP contribution in [0.25, 0.3) is 0 Å². The summed E-state index contributed by atoms with van der Waals surface area (Å²) in [4.78, 5) is 22.5. The average Bonchev–Trinajstić information content (AvgIpc) is 2.22. The molecule has 0 heterocycles. The molecule has 0 aromatic rings. The Hall–Kier alpha value is -0.750. The molecule has 0 fully saturated rings. The van der Waals surface area contributed by atoms with Crippen LogP contribution in [0.3, 0.4) is 0 Å². The summed E-state index contributed by atoms with van der Waals surface area (Å²) in [6.45, 7) is 5.47. The molecular formula is C10H20N2O3S. The van der Waals surface area contributed by atoms with E-state index in [4.69, 9.17) is 4.74 Å². The van der Waals surface area contributed by atoms with Gasteiger partial charge in [0.25, 0.3) is 0 Å². The first-order valence-electron chi connectivity index (χ1n) is 5.03. The van der Waals surface area contributed by atoms with Gasteiger partial charge in [0.15, 0.2) is 0 Å². The van der Waals surface area contributed by atoms with Crippen molar-refractivity contribution in [2.45, 2.75) is 32.4 Å². The van der Waals surface area contributed by atoms with Crippen molar-refractivity contribution in [3.05, 3.63) is 0 Å². The highest BCUT2D eigenvalue weighted by Crippen LogP contribution is 2.04. The summed E-state index contributed by atoms with van der Waals surface area (Å²) in [5.41, 5.74) is -0.424. The maximum atomic E-state index is 11.6. The van der Waals surface area contributed by atoms with Gasteiger partial charge in [-0.05, 0) is 13.8 Å². The largest absolute Gasteiger partial charge is 0.377 e. The number of ether oxygens (including phenoxy) is 1. The second kappa shape index (κ2) is 6.75. The van der Waals surface area contributed by atoms with Gasteiger partial charge in [-0.1, -0.05) is 0 Å². The lowest BCUT2D eigenvalue weighted by Crippen LogP contribution is -2.50. The summed E-state index contributed by atoms with van der Waals surface area (Å²) in [6, 6.07) is -0.603. The molecule has 0 aromatic heterocycles. The van der Waals surface area contributed by atoms with E-state index in [0.29, 0.717) is 6.54 Å². The summed E-state index contributed by atoms with van der Waals surface area (Å²) < 4.78 is 5.16. The molecule has 6 heteroatoms. The minimum Gasteiger partial charge on any atom is -0.377 e. The summed E-state index contributed by atoms with van der Waals surface area (Å²) >= 11 is 4.01. The minimum absolute atomic E-state index is 0.250. The van der Waals surface area contributed by atoms with Gasteiger partial charge in [0, 0.05) is 26.3 Å². The topological polar surface area (TPSA) is 67.4 Å². The normalized spacial score (nSPS) is 13.1. The van der Waals surface area contributed by atoms with Crippen LogP contribution in [-0.2, 0) is 14.3 Å². The molecule has 0 aromatic carbocycles. The van der Waals surface area contributed by atoms with Crippen molar-refractivity contribution in [3.8, 4) is 0 Å². The Kier molecular flexibility index (Phi) is 6.43. The molecule has 0 aliphatic carbocycles. The van der Waals surface area contributed by atoms with Gasteiger partial charge in [0.2, 0.25) is 11.8 Å². The summed E-state index contributed by atoms with van der Waals surface area (Å²) in [7, 11) is 1.58. The zero-order chi connectivity index (χ0) is 12.8. The van der Waals surface area contributed by atoms with E-state index in [2.05, 4.69) is 23.3 Å². The number of nitrogens with one attached hydrogen (secondary N) is 2. The minimum atomic E-state index is -0.603. The van der Waals surface area contributed by atoms with E-state index < -0.39 is 11.6 Å². The maximum absolute atomic E-state index is 11.6. The number of thiol groups is 1. The zero-order valence-electron chi connectivity index (χ0n) is 10.2. The Bertz CT molecular complexity index is 256. The molecule has 0 aliphatic rings. The number of methoxy groups -OCH3 is 1. The van der Waals surface area contributed by atoms with Crippen molar-refractivity contribution in [3.63, 3.8) is 0 Å². The molecule has 0 saturated heterocycles. The van der Waals surface area contributed by atoms with Gasteiger partial charge in [-0.25, -0.2) is 0 Å². The highest BCUT2D eigenvalue weighted by atomic mass is 32.1. The molecule has 0 rings (SSSR count). The second-order valence-corrected chi connectivity index (χ2v) is 4.48. The van der Waals surface area contributed by atoms with E-state index in [9.17, 15) is 9.59 Å². The van der Waals surface area contributed by atoms with Crippen LogP contribution in [0.4, 0.5) is 0 Å². The standard InChI is InChI=1S/C10H20N2O3S/c1-7(13)12-8(5-16)9(14)11-6-10(2,3)15-4/h8,16H,5-6H2,1-4H3,(H,11,14)(H,12,13).